The third kappa shape index (κ3) is 1.97. The quantitative estimate of drug-likeness (QED) is 0.797. The van der Waals surface area contributed by atoms with Crippen molar-refractivity contribution < 1.29 is 9.47 Å². The van der Waals surface area contributed by atoms with Crippen LogP contribution in [0.1, 0.15) is 5.56 Å². The summed E-state index contributed by atoms with van der Waals surface area (Å²) < 4.78 is 11.8. The summed E-state index contributed by atoms with van der Waals surface area (Å²) in [7, 11) is 3.38. The fraction of sp³-hybridized carbons (Fsp3) is 0.500. The van der Waals surface area contributed by atoms with Crippen LogP contribution in [0.5, 0.6) is 0 Å². The van der Waals surface area contributed by atoms with Gasteiger partial charge in [-0.05, 0) is 30.7 Å². The first kappa shape index (κ1) is 11.9. The molecule has 3 nitrogen and oxygen atoms in total. The summed E-state index contributed by atoms with van der Waals surface area (Å²) in [6, 6.07) is 6.30. The molecule has 1 heterocycles. The van der Waals surface area contributed by atoms with Gasteiger partial charge in [-0.15, -0.1) is 0 Å². The molecule has 0 aromatic heterocycles. The van der Waals surface area contributed by atoms with Crippen LogP contribution < -0.4 is 4.90 Å². The Morgan fingerprint density at radius 1 is 1.25 bits per heavy atom. The van der Waals surface area contributed by atoms with Crippen LogP contribution in [-0.4, -0.2) is 33.1 Å². The lowest BCUT2D eigenvalue weighted by Gasteiger charge is -2.49. The van der Waals surface area contributed by atoms with E-state index >= 15 is 0 Å². The lowest BCUT2D eigenvalue weighted by atomic mass is 10.0. The first-order valence-electron chi connectivity index (χ1n) is 5.21. The van der Waals surface area contributed by atoms with Crippen LogP contribution in [0, 0.1) is 6.92 Å². The van der Waals surface area contributed by atoms with Crippen LogP contribution in [0.3, 0.4) is 0 Å². The summed E-state index contributed by atoms with van der Waals surface area (Å²) in [4.78, 5) is 2.26. The molecule has 1 aliphatic rings. The fourth-order valence-electron chi connectivity index (χ4n) is 2.02. The highest BCUT2D eigenvalue weighted by molar-refractivity contribution is 9.10. The van der Waals surface area contributed by atoms with Crippen molar-refractivity contribution in [3.63, 3.8) is 0 Å². The zero-order valence-corrected chi connectivity index (χ0v) is 11.4. The van der Waals surface area contributed by atoms with E-state index in [1.54, 1.807) is 14.2 Å². The first-order valence-corrected chi connectivity index (χ1v) is 6.01. The van der Waals surface area contributed by atoms with Crippen LogP contribution in [0.15, 0.2) is 22.7 Å². The molecule has 88 valence electrons. The van der Waals surface area contributed by atoms with Crippen molar-refractivity contribution in [3.8, 4) is 0 Å². The van der Waals surface area contributed by atoms with Crippen LogP contribution in [0.25, 0.3) is 0 Å². The average molecular weight is 286 g/mol. The minimum atomic E-state index is -0.417. The van der Waals surface area contributed by atoms with Gasteiger partial charge in [0.15, 0.2) is 0 Å². The van der Waals surface area contributed by atoms with Crippen molar-refractivity contribution in [2.75, 3.05) is 32.2 Å². The number of aryl methyl sites for hydroxylation is 1. The Hall–Kier alpha value is -0.580. The standard InChI is InChI=1S/C12H16BrNO2/c1-9-6-10(13)4-5-11(9)14-7-12(8-14,15-2)16-3/h4-6H,7-8H2,1-3H3. The maximum absolute atomic E-state index is 5.37. The van der Waals surface area contributed by atoms with Gasteiger partial charge in [-0.1, -0.05) is 15.9 Å². The molecule has 0 spiro atoms. The summed E-state index contributed by atoms with van der Waals surface area (Å²) in [6.07, 6.45) is 0. The highest BCUT2D eigenvalue weighted by Crippen LogP contribution is 2.33. The van der Waals surface area contributed by atoms with Gasteiger partial charge in [-0.2, -0.15) is 0 Å². The van der Waals surface area contributed by atoms with Crippen LogP contribution in [-0.2, 0) is 9.47 Å². The van der Waals surface area contributed by atoms with Gasteiger partial charge in [0, 0.05) is 24.4 Å². The van der Waals surface area contributed by atoms with E-state index in [0.29, 0.717) is 0 Å². The third-order valence-electron chi connectivity index (χ3n) is 3.11. The Morgan fingerprint density at radius 2 is 1.88 bits per heavy atom. The van der Waals surface area contributed by atoms with Crippen LogP contribution >= 0.6 is 15.9 Å². The van der Waals surface area contributed by atoms with Crippen molar-refractivity contribution >= 4 is 21.6 Å². The molecule has 0 unspecified atom stereocenters. The van der Waals surface area contributed by atoms with E-state index < -0.39 is 5.79 Å². The number of anilines is 1. The van der Waals surface area contributed by atoms with Crippen LogP contribution in [0.2, 0.25) is 0 Å². The molecule has 0 N–H and O–H groups in total. The summed E-state index contributed by atoms with van der Waals surface area (Å²) in [5.74, 6) is -0.417. The van der Waals surface area contributed by atoms with Gasteiger partial charge in [-0.25, -0.2) is 0 Å². The maximum atomic E-state index is 5.37. The van der Waals surface area contributed by atoms with Gasteiger partial charge < -0.3 is 14.4 Å². The van der Waals surface area contributed by atoms with Gasteiger partial charge in [0.1, 0.15) is 0 Å². The highest BCUT2D eigenvalue weighted by atomic mass is 79.9. The largest absolute Gasteiger partial charge is 0.360 e. The minimum Gasteiger partial charge on any atom is -0.360 e. The van der Waals surface area contributed by atoms with Gasteiger partial charge in [0.05, 0.1) is 13.1 Å². The van der Waals surface area contributed by atoms with Gasteiger partial charge in [0.25, 0.3) is 0 Å². The van der Waals surface area contributed by atoms with Crippen molar-refractivity contribution in [1.82, 2.24) is 0 Å². The number of rotatable bonds is 3. The number of hydrogen-bond donors (Lipinski definition) is 0. The molecule has 16 heavy (non-hydrogen) atoms. The van der Waals surface area contributed by atoms with E-state index in [9.17, 15) is 0 Å². The Labute approximate surface area is 104 Å². The number of methoxy groups -OCH3 is 2. The van der Waals surface area contributed by atoms with E-state index in [4.69, 9.17) is 9.47 Å². The number of benzene rings is 1. The van der Waals surface area contributed by atoms with Crippen molar-refractivity contribution in [2.45, 2.75) is 12.7 Å². The molecule has 0 radical (unpaired) electrons. The number of hydrogen-bond acceptors (Lipinski definition) is 3. The molecule has 0 saturated carbocycles. The van der Waals surface area contributed by atoms with Crippen molar-refractivity contribution in [3.05, 3.63) is 28.2 Å². The number of halogens is 1. The molecule has 0 aliphatic carbocycles. The third-order valence-corrected chi connectivity index (χ3v) is 3.60. The second-order valence-electron chi connectivity index (χ2n) is 4.11. The normalized spacial score (nSPS) is 18.4. The van der Waals surface area contributed by atoms with Crippen LogP contribution in [0.4, 0.5) is 5.69 Å². The molecule has 1 aromatic carbocycles. The minimum absolute atomic E-state index is 0.417. The van der Waals surface area contributed by atoms with E-state index in [2.05, 4.69) is 46.0 Å². The average Bonchev–Trinajstić information content (AvgIpc) is 2.20. The fourth-order valence-corrected chi connectivity index (χ4v) is 2.50. The molecule has 1 fully saturated rings. The second-order valence-corrected chi connectivity index (χ2v) is 5.02. The Bertz CT molecular complexity index is 383. The van der Waals surface area contributed by atoms with Crippen molar-refractivity contribution in [1.29, 1.82) is 0 Å². The Morgan fingerprint density at radius 3 is 2.38 bits per heavy atom. The molecule has 0 amide bonds. The number of nitrogens with zero attached hydrogens (tertiary/aromatic N) is 1. The molecular weight excluding hydrogens is 270 g/mol. The van der Waals surface area contributed by atoms with Crippen molar-refractivity contribution in [2.24, 2.45) is 0 Å². The zero-order valence-electron chi connectivity index (χ0n) is 9.79. The number of ether oxygens (including phenoxy) is 2. The molecule has 4 heteroatoms. The molecule has 0 bridgehead atoms. The molecule has 1 saturated heterocycles. The summed E-state index contributed by atoms with van der Waals surface area (Å²) in [6.45, 7) is 3.67. The van der Waals surface area contributed by atoms with Gasteiger partial charge >= 0.3 is 0 Å². The molecule has 1 aliphatic heterocycles. The van der Waals surface area contributed by atoms with E-state index in [0.717, 1.165) is 17.6 Å². The summed E-state index contributed by atoms with van der Waals surface area (Å²) in [5, 5.41) is 0. The monoisotopic (exact) mass is 285 g/mol. The summed E-state index contributed by atoms with van der Waals surface area (Å²) >= 11 is 3.47. The Kier molecular flexibility index (Phi) is 3.24. The maximum Gasteiger partial charge on any atom is 0.203 e. The van der Waals surface area contributed by atoms with E-state index in [1.165, 1.54) is 11.3 Å². The zero-order chi connectivity index (χ0) is 11.8. The highest BCUT2D eigenvalue weighted by Gasteiger charge is 2.44. The summed E-state index contributed by atoms with van der Waals surface area (Å²) in [5.41, 5.74) is 2.50. The lowest BCUT2D eigenvalue weighted by Crippen LogP contribution is -2.64. The Balaban J connectivity index is 2.12. The van der Waals surface area contributed by atoms with Gasteiger partial charge in [-0.3, -0.25) is 0 Å². The predicted molar refractivity (Wildman–Crippen MR) is 67.8 cm³/mol. The molecule has 0 atom stereocenters. The molecule has 2 rings (SSSR count). The molecular formula is C12H16BrNO2. The smallest absolute Gasteiger partial charge is 0.203 e. The first-order chi connectivity index (χ1) is 7.60. The lowest BCUT2D eigenvalue weighted by molar-refractivity contribution is -0.219. The molecule has 1 aromatic rings. The predicted octanol–water partition coefficient (Wildman–Crippen LogP) is 2.57. The van der Waals surface area contributed by atoms with E-state index in [1.807, 2.05) is 0 Å². The van der Waals surface area contributed by atoms with Gasteiger partial charge in [0.2, 0.25) is 5.79 Å². The van der Waals surface area contributed by atoms with E-state index in [-0.39, 0.29) is 0 Å². The second kappa shape index (κ2) is 4.35. The SMILES string of the molecule is COC1(OC)CN(c2ccc(Br)cc2C)C1. The topological polar surface area (TPSA) is 21.7 Å².